The molecule has 3 nitrogen and oxygen atoms in total. The molecule has 0 radical (unpaired) electrons. The Labute approximate surface area is 123 Å². The van der Waals surface area contributed by atoms with Crippen molar-refractivity contribution in [2.24, 2.45) is 11.7 Å². The third kappa shape index (κ3) is 4.97. The van der Waals surface area contributed by atoms with Gasteiger partial charge in [0, 0.05) is 13.1 Å². The molecule has 1 aromatic rings. The van der Waals surface area contributed by atoms with Gasteiger partial charge in [0.25, 0.3) is 0 Å². The fourth-order valence-corrected chi connectivity index (χ4v) is 2.47. The van der Waals surface area contributed by atoms with Gasteiger partial charge in [-0.2, -0.15) is 0 Å². The van der Waals surface area contributed by atoms with Crippen LogP contribution >= 0.6 is 0 Å². The van der Waals surface area contributed by atoms with E-state index in [2.05, 4.69) is 20.8 Å². The molecule has 1 rings (SSSR count). The van der Waals surface area contributed by atoms with Crippen molar-refractivity contribution in [3.05, 3.63) is 35.9 Å². The first-order valence-electron chi connectivity index (χ1n) is 7.63. The number of benzene rings is 1. The van der Waals surface area contributed by atoms with Crippen LogP contribution < -0.4 is 5.73 Å². The lowest BCUT2D eigenvalue weighted by Gasteiger charge is -2.28. The van der Waals surface area contributed by atoms with Gasteiger partial charge in [0.1, 0.15) is 0 Å². The van der Waals surface area contributed by atoms with Gasteiger partial charge in [0.2, 0.25) is 5.91 Å². The van der Waals surface area contributed by atoms with Gasteiger partial charge >= 0.3 is 0 Å². The van der Waals surface area contributed by atoms with Crippen LogP contribution in [0, 0.1) is 5.92 Å². The topological polar surface area (TPSA) is 46.3 Å². The molecule has 1 aromatic carbocycles. The molecule has 1 unspecified atom stereocenters. The summed E-state index contributed by atoms with van der Waals surface area (Å²) in [7, 11) is 0. The van der Waals surface area contributed by atoms with Crippen molar-refractivity contribution in [3.63, 3.8) is 0 Å². The maximum atomic E-state index is 12.8. The molecule has 0 saturated heterocycles. The van der Waals surface area contributed by atoms with Crippen LogP contribution in [-0.2, 0) is 4.79 Å². The number of nitrogens with two attached hydrogens (primary N) is 1. The summed E-state index contributed by atoms with van der Waals surface area (Å²) in [6, 6.07) is 10.1. The van der Waals surface area contributed by atoms with Crippen molar-refractivity contribution < 1.29 is 4.79 Å². The summed E-state index contributed by atoms with van der Waals surface area (Å²) in [5.41, 5.74) is 6.70. The first kappa shape index (κ1) is 16.7. The molecule has 0 fully saturated rings. The Morgan fingerprint density at radius 1 is 1.25 bits per heavy atom. The Bertz CT molecular complexity index is 389. The zero-order chi connectivity index (χ0) is 15.0. The summed E-state index contributed by atoms with van der Waals surface area (Å²) in [5, 5.41) is 0. The first-order valence-corrected chi connectivity index (χ1v) is 7.63. The lowest BCUT2D eigenvalue weighted by Crippen LogP contribution is -2.39. The van der Waals surface area contributed by atoms with Crippen LogP contribution in [0.1, 0.15) is 45.1 Å². The highest BCUT2D eigenvalue weighted by atomic mass is 16.2. The van der Waals surface area contributed by atoms with Gasteiger partial charge in [-0.05, 0) is 30.9 Å². The molecule has 0 heterocycles. The van der Waals surface area contributed by atoms with E-state index in [1.165, 1.54) is 0 Å². The molecule has 0 aliphatic carbocycles. The molecule has 0 spiro atoms. The van der Waals surface area contributed by atoms with Gasteiger partial charge in [-0.3, -0.25) is 4.79 Å². The van der Waals surface area contributed by atoms with Crippen molar-refractivity contribution >= 4 is 5.91 Å². The first-order chi connectivity index (χ1) is 9.60. The SMILES string of the molecule is CCC(C(=O)N(CCCN)CC(C)C)c1ccccc1. The molecule has 0 saturated carbocycles. The van der Waals surface area contributed by atoms with Gasteiger partial charge in [-0.15, -0.1) is 0 Å². The van der Waals surface area contributed by atoms with Crippen molar-refractivity contribution in [3.8, 4) is 0 Å². The second kappa shape index (κ2) is 8.75. The van der Waals surface area contributed by atoms with Crippen molar-refractivity contribution in [1.29, 1.82) is 0 Å². The van der Waals surface area contributed by atoms with Crippen LogP contribution in [0.25, 0.3) is 0 Å². The number of hydrogen-bond acceptors (Lipinski definition) is 2. The largest absolute Gasteiger partial charge is 0.342 e. The summed E-state index contributed by atoms with van der Waals surface area (Å²) >= 11 is 0. The minimum Gasteiger partial charge on any atom is -0.342 e. The van der Waals surface area contributed by atoms with E-state index in [0.29, 0.717) is 12.5 Å². The highest BCUT2D eigenvalue weighted by Gasteiger charge is 2.24. The van der Waals surface area contributed by atoms with Gasteiger partial charge < -0.3 is 10.6 Å². The molecule has 0 aliphatic heterocycles. The monoisotopic (exact) mass is 276 g/mol. The molecule has 1 atom stereocenters. The fraction of sp³-hybridized carbons (Fsp3) is 0.588. The number of carbonyl (C=O) groups is 1. The predicted molar refractivity (Wildman–Crippen MR) is 84.6 cm³/mol. The second-order valence-electron chi connectivity index (χ2n) is 5.69. The molecule has 20 heavy (non-hydrogen) atoms. The number of nitrogens with zero attached hydrogens (tertiary/aromatic N) is 1. The van der Waals surface area contributed by atoms with Gasteiger partial charge in [0.15, 0.2) is 0 Å². The van der Waals surface area contributed by atoms with Crippen molar-refractivity contribution in [2.75, 3.05) is 19.6 Å². The predicted octanol–water partition coefficient (Wildman–Crippen LogP) is 3.01. The number of rotatable bonds is 8. The quantitative estimate of drug-likeness (QED) is 0.793. The standard InChI is InChI=1S/C17H28N2O/c1-4-16(15-9-6-5-7-10-15)17(20)19(12-8-11-18)13-14(2)3/h5-7,9-10,14,16H,4,8,11-13,18H2,1-3H3. The Morgan fingerprint density at radius 2 is 1.90 bits per heavy atom. The third-order valence-electron chi connectivity index (χ3n) is 3.44. The Kier molecular flexibility index (Phi) is 7.31. The van der Waals surface area contributed by atoms with Crippen LogP contribution in [0.3, 0.4) is 0 Å². The molecule has 3 heteroatoms. The third-order valence-corrected chi connectivity index (χ3v) is 3.44. The normalized spacial score (nSPS) is 12.4. The summed E-state index contributed by atoms with van der Waals surface area (Å²) in [5.74, 6) is 0.679. The summed E-state index contributed by atoms with van der Waals surface area (Å²) < 4.78 is 0. The summed E-state index contributed by atoms with van der Waals surface area (Å²) in [6.07, 6.45) is 1.70. The molecule has 0 aliphatic rings. The molecule has 0 aromatic heterocycles. The highest BCUT2D eigenvalue weighted by molar-refractivity contribution is 5.83. The van der Waals surface area contributed by atoms with E-state index >= 15 is 0 Å². The Hall–Kier alpha value is -1.35. The van der Waals surface area contributed by atoms with E-state index in [4.69, 9.17) is 5.73 Å². The van der Waals surface area contributed by atoms with Crippen molar-refractivity contribution in [1.82, 2.24) is 4.90 Å². The van der Waals surface area contributed by atoms with E-state index in [0.717, 1.165) is 31.5 Å². The number of amides is 1. The van der Waals surface area contributed by atoms with Crippen LogP contribution in [0.15, 0.2) is 30.3 Å². The molecule has 1 amide bonds. The Balaban J connectivity index is 2.84. The molecule has 2 N–H and O–H groups in total. The number of hydrogen-bond donors (Lipinski definition) is 1. The zero-order valence-corrected chi connectivity index (χ0v) is 13.0. The molecule has 112 valence electrons. The lowest BCUT2D eigenvalue weighted by atomic mass is 9.94. The van der Waals surface area contributed by atoms with Crippen LogP contribution in [0.5, 0.6) is 0 Å². The van der Waals surface area contributed by atoms with E-state index in [9.17, 15) is 4.79 Å². The van der Waals surface area contributed by atoms with Gasteiger partial charge in [-0.25, -0.2) is 0 Å². The maximum Gasteiger partial charge on any atom is 0.230 e. The smallest absolute Gasteiger partial charge is 0.230 e. The van der Waals surface area contributed by atoms with Crippen LogP contribution in [-0.4, -0.2) is 30.4 Å². The average Bonchev–Trinajstić information content (AvgIpc) is 2.45. The van der Waals surface area contributed by atoms with Crippen LogP contribution in [0.2, 0.25) is 0 Å². The minimum absolute atomic E-state index is 0.0345. The summed E-state index contributed by atoms with van der Waals surface area (Å²) in [4.78, 5) is 14.8. The highest BCUT2D eigenvalue weighted by Crippen LogP contribution is 2.22. The minimum atomic E-state index is -0.0345. The summed E-state index contributed by atoms with van der Waals surface area (Å²) in [6.45, 7) is 8.56. The number of carbonyl (C=O) groups excluding carboxylic acids is 1. The fourth-order valence-electron chi connectivity index (χ4n) is 2.47. The molecular weight excluding hydrogens is 248 g/mol. The zero-order valence-electron chi connectivity index (χ0n) is 13.0. The maximum absolute atomic E-state index is 12.8. The van der Waals surface area contributed by atoms with E-state index in [1.807, 2.05) is 35.2 Å². The lowest BCUT2D eigenvalue weighted by molar-refractivity contribution is -0.133. The van der Waals surface area contributed by atoms with E-state index in [-0.39, 0.29) is 11.8 Å². The average molecular weight is 276 g/mol. The van der Waals surface area contributed by atoms with E-state index in [1.54, 1.807) is 0 Å². The van der Waals surface area contributed by atoms with Crippen molar-refractivity contribution in [2.45, 2.75) is 39.5 Å². The molecular formula is C17H28N2O. The Morgan fingerprint density at radius 3 is 2.40 bits per heavy atom. The second-order valence-corrected chi connectivity index (χ2v) is 5.69. The van der Waals surface area contributed by atoms with Gasteiger partial charge in [0.05, 0.1) is 5.92 Å². The van der Waals surface area contributed by atoms with E-state index < -0.39 is 0 Å². The van der Waals surface area contributed by atoms with Crippen LogP contribution in [0.4, 0.5) is 0 Å². The molecule has 0 bridgehead atoms. The van der Waals surface area contributed by atoms with Gasteiger partial charge in [-0.1, -0.05) is 51.1 Å².